The van der Waals surface area contributed by atoms with Crippen molar-refractivity contribution in [3.63, 3.8) is 0 Å². The first-order chi connectivity index (χ1) is 11.7. The van der Waals surface area contributed by atoms with E-state index in [-0.39, 0.29) is 12.5 Å². The van der Waals surface area contributed by atoms with Crippen molar-refractivity contribution >= 4 is 22.4 Å². The molecule has 0 atom stereocenters. The van der Waals surface area contributed by atoms with Crippen LogP contribution in [0, 0.1) is 0 Å². The maximum atomic E-state index is 12.1. The second-order valence-electron chi connectivity index (χ2n) is 5.44. The lowest BCUT2D eigenvalue weighted by atomic mass is 10.1. The number of hydrogen-bond donors (Lipinski definition) is 2. The van der Waals surface area contributed by atoms with E-state index < -0.39 is 0 Å². The van der Waals surface area contributed by atoms with Crippen LogP contribution in [0.25, 0.3) is 10.8 Å². The number of carbonyl (C=O) groups excluding carboxylic acids is 1. The minimum Gasteiger partial charge on any atom is -0.497 e. The molecule has 3 aromatic rings. The summed E-state index contributed by atoms with van der Waals surface area (Å²) in [6, 6.07) is 15.5. The molecule has 1 heterocycles. The number of anilines is 1. The van der Waals surface area contributed by atoms with Gasteiger partial charge in [0.25, 0.3) is 0 Å². The van der Waals surface area contributed by atoms with Gasteiger partial charge in [-0.15, -0.1) is 0 Å². The SMILES string of the molecule is COc1cccc(CNCC(=O)Nc2ccc3cnccc3c2)c1. The van der Waals surface area contributed by atoms with Crippen molar-refractivity contribution in [2.75, 3.05) is 19.0 Å². The molecule has 2 aromatic carbocycles. The Kier molecular flexibility index (Phi) is 5.03. The van der Waals surface area contributed by atoms with Gasteiger partial charge >= 0.3 is 0 Å². The highest BCUT2D eigenvalue weighted by molar-refractivity contribution is 5.95. The summed E-state index contributed by atoms with van der Waals surface area (Å²) in [5.74, 6) is 0.732. The van der Waals surface area contributed by atoms with E-state index in [1.54, 1.807) is 19.5 Å². The average molecular weight is 321 g/mol. The monoisotopic (exact) mass is 321 g/mol. The molecule has 0 saturated carbocycles. The molecule has 24 heavy (non-hydrogen) atoms. The van der Waals surface area contributed by atoms with E-state index >= 15 is 0 Å². The van der Waals surface area contributed by atoms with Crippen molar-refractivity contribution in [2.45, 2.75) is 6.54 Å². The minimum absolute atomic E-state index is 0.0775. The van der Waals surface area contributed by atoms with Crippen LogP contribution < -0.4 is 15.4 Å². The van der Waals surface area contributed by atoms with Crippen LogP contribution in [0.1, 0.15) is 5.56 Å². The largest absolute Gasteiger partial charge is 0.497 e. The predicted molar refractivity (Wildman–Crippen MR) is 95.1 cm³/mol. The van der Waals surface area contributed by atoms with Gasteiger partial charge in [-0.3, -0.25) is 9.78 Å². The summed E-state index contributed by atoms with van der Waals surface area (Å²) >= 11 is 0. The third-order valence-electron chi connectivity index (χ3n) is 3.67. The number of hydrogen-bond acceptors (Lipinski definition) is 4. The Labute approximate surface area is 140 Å². The summed E-state index contributed by atoms with van der Waals surface area (Å²) in [7, 11) is 1.64. The molecule has 2 N–H and O–H groups in total. The molecule has 1 aromatic heterocycles. The quantitative estimate of drug-likeness (QED) is 0.733. The zero-order chi connectivity index (χ0) is 16.8. The zero-order valence-corrected chi connectivity index (χ0v) is 13.5. The number of nitrogens with one attached hydrogen (secondary N) is 2. The predicted octanol–water partition coefficient (Wildman–Crippen LogP) is 2.97. The number of methoxy groups -OCH3 is 1. The Morgan fingerprint density at radius 2 is 2.04 bits per heavy atom. The Morgan fingerprint density at radius 3 is 2.92 bits per heavy atom. The number of benzene rings is 2. The number of fused-ring (bicyclic) bond motifs is 1. The summed E-state index contributed by atoms with van der Waals surface area (Å²) in [4.78, 5) is 16.1. The molecule has 3 rings (SSSR count). The Morgan fingerprint density at radius 1 is 1.12 bits per heavy atom. The average Bonchev–Trinajstić information content (AvgIpc) is 2.62. The molecule has 5 nitrogen and oxygen atoms in total. The first kappa shape index (κ1) is 16.0. The number of rotatable bonds is 6. The van der Waals surface area contributed by atoms with Crippen molar-refractivity contribution in [1.29, 1.82) is 0 Å². The number of amides is 1. The highest BCUT2D eigenvalue weighted by Gasteiger charge is 2.03. The summed E-state index contributed by atoms with van der Waals surface area (Å²) < 4.78 is 5.18. The van der Waals surface area contributed by atoms with Crippen LogP contribution in [-0.2, 0) is 11.3 Å². The van der Waals surface area contributed by atoms with E-state index in [9.17, 15) is 4.79 Å². The maximum Gasteiger partial charge on any atom is 0.238 e. The lowest BCUT2D eigenvalue weighted by Crippen LogP contribution is -2.27. The van der Waals surface area contributed by atoms with Gasteiger partial charge in [0.2, 0.25) is 5.91 Å². The van der Waals surface area contributed by atoms with Gasteiger partial charge < -0.3 is 15.4 Å². The standard InChI is InChI=1S/C19H19N3O2/c1-24-18-4-2-3-14(9-18)11-21-13-19(23)22-17-6-5-16-12-20-8-7-15(16)10-17/h2-10,12,21H,11,13H2,1H3,(H,22,23). The van der Waals surface area contributed by atoms with Crippen LogP contribution in [0.5, 0.6) is 5.75 Å². The molecular weight excluding hydrogens is 302 g/mol. The first-order valence-corrected chi connectivity index (χ1v) is 7.72. The van der Waals surface area contributed by atoms with E-state index in [2.05, 4.69) is 15.6 Å². The number of pyridine rings is 1. The van der Waals surface area contributed by atoms with E-state index in [0.29, 0.717) is 6.54 Å². The summed E-state index contributed by atoms with van der Waals surface area (Å²) in [5, 5.41) is 8.13. The topological polar surface area (TPSA) is 63.2 Å². The highest BCUT2D eigenvalue weighted by Crippen LogP contribution is 2.17. The molecule has 0 fully saturated rings. The highest BCUT2D eigenvalue weighted by atomic mass is 16.5. The van der Waals surface area contributed by atoms with Crippen LogP contribution in [0.3, 0.4) is 0 Å². The third kappa shape index (κ3) is 4.08. The van der Waals surface area contributed by atoms with Crippen LogP contribution in [0.4, 0.5) is 5.69 Å². The summed E-state index contributed by atoms with van der Waals surface area (Å²) in [6.45, 7) is 0.847. The molecule has 1 amide bonds. The Balaban J connectivity index is 1.53. The Hall–Kier alpha value is -2.92. The lowest BCUT2D eigenvalue weighted by molar-refractivity contribution is -0.115. The van der Waals surface area contributed by atoms with Crippen molar-refractivity contribution in [3.05, 3.63) is 66.5 Å². The van der Waals surface area contributed by atoms with Crippen molar-refractivity contribution in [3.8, 4) is 5.75 Å². The van der Waals surface area contributed by atoms with Crippen LogP contribution >= 0.6 is 0 Å². The molecule has 0 aliphatic rings. The molecule has 0 spiro atoms. The lowest BCUT2D eigenvalue weighted by Gasteiger charge is -2.08. The van der Waals surface area contributed by atoms with Gasteiger partial charge in [-0.2, -0.15) is 0 Å². The molecule has 122 valence electrons. The molecule has 0 radical (unpaired) electrons. The first-order valence-electron chi connectivity index (χ1n) is 7.72. The second-order valence-corrected chi connectivity index (χ2v) is 5.44. The summed E-state index contributed by atoms with van der Waals surface area (Å²) in [5.41, 5.74) is 1.85. The third-order valence-corrected chi connectivity index (χ3v) is 3.67. The molecule has 0 aliphatic carbocycles. The van der Waals surface area contributed by atoms with Crippen LogP contribution in [-0.4, -0.2) is 24.5 Å². The Bertz CT molecular complexity index is 849. The fraction of sp³-hybridized carbons (Fsp3) is 0.158. The van der Waals surface area contributed by atoms with E-state index in [4.69, 9.17) is 4.74 Å². The smallest absolute Gasteiger partial charge is 0.238 e. The fourth-order valence-corrected chi connectivity index (χ4v) is 2.47. The van der Waals surface area contributed by atoms with Gasteiger partial charge in [0, 0.05) is 30.0 Å². The molecule has 0 saturated heterocycles. The zero-order valence-electron chi connectivity index (χ0n) is 13.5. The van der Waals surface area contributed by atoms with E-state index in [1.165, 1.54) is 0 Å². The second kappa shape index (κ2) is 7.57. The van der Waals surface area contributed by atoms with E-state index in [0.717, 1.165) is 27.8 Å². The molecular formula is C19H19N3O2. The summed E-state index contributed by atoms with van der Waals surface area (Å²) in [6.07, 6.45) is 3.54. The molecule has 0 bridgehead atoms. The fourth-order valence-electron chi connectivity index (χ4n) is 2.47. The number of aromatic nitrogens is 1. The number of ether oxygens (including phenoxy) is 1. The van der Waals surface area contributed by atoms with E-state index in [1.807, 2.05) is 48.5 Å². The van der Waals surface area contributed by atoms with Crippen molar-refractivity contribution in [1.82, 2.24) is 10.3 Å². The van der Waals surface area contributed by atoms with Crippen LogP contribution in [0.2, 0.25) is 0 Å². The molecule has 0 unspecified atom stereocenters. The number of carbonyl (C=O) groups is 1. The molecule has 5 heteroatoms. The van der Waals surface area contributed by atoms with Crippen molar-refractivity contribution in [2.24, 2.45) is 0 Å². The van der Waals surface area contributed by atoms with Gasteiger partial charge in [-0.05, 0) is 41.3 Å². The maximum absolute atomic E-state index is 12.1. The van der Waals surface area contributed by atoms with Crippen LogP contribution in [0.15, 0.2) is 60.9 Å². The van der Waals surface area contributed by atoms with Gasteiger partial charge in [0.15, 0.2) is 0 Å². The van der Waals surface area contributed by atoms with Gasteiger partial charge in [0.1, 0.15) is 5.75 Å². The van der Waals surface area contributed by atoms with Gasteiger partial charge in [0.05, 0.1) is 13.7 Å². The minimum atomic E-state index is -0.0775. The number of nitrogens with zero attached hydrogens (tertiary/aromatic N) is 1. The molecule has 0 aliphatic heterocycles. The van der Waals surface area contributed by atoms with Gasteiger partial charge in [-0.25, -0.2) is 0 Å². The van der Waals surface area contributed by atoms with Gasteiger partial charge in [-0.1, -0.05) is 18.2 Å². The normalized spacial score (nSPS) is 10.5. The van der Waals surface area contributed by atoms with Crippen molar-refractivity contribution < 1.29 is 9.53 Å².